The summed E-state index contributed by atoms with van der Waals surface area (Å²) >= 11 is 0. The van der Waals surface area contributed by atoms with Crippen LogP contribution in [-0.4, -0.2) is 44.3 Å². The number of aryl methyl sites for hydroxylation is 1. The summed E-state index contributed by atoms with van der Waals surface area (Å²) < 4.78 is 21.7. The first-order valence-electron chi connectivity index (χ1n) is 9.06. The van der Waals surface area contributed by atoms with E-state index in [2.05, 4.69) is 5.16 Å². The van der Waals surface area contributed by atoms with Crippen LogP contribution in [0.1, 0.15) is 21.6 Å². The van der Waals surface area contributed by atoms with Crippen molar-refractivity contribution in [2.75, 3.05) is 28.4 Å². The zero-order valence-corrected chi connectivity index (χ0v) is 17.2. The molecule has 7 nitrogen and oxygen atoms in total. The van der Waals surface area contributed by atoms with Crippen LogP contribution in [0, 0.1) is 6.92 Å². The van der Waals surface area contributed by atoms with Crippen molar-refractivity contribution >= 4 is 5.91 Å². The van der Waals surface area contributed by atoms with E-state index in [1.807, 2.05) is 30.3 Å². The third-order valence-corrected chi connectivity index (χ3v) is 4.61. The minimum absolute atomic E-state index is 0.184. The lowest BCUT2D eigenvalue weighted by Gasteiger charge is -2.18. The van der Waals surface area contributed by atoms with E-state index in [-0.39, 0.29) is 5.91 Å². The molecule has 0 bridgehead atoms. The molecular weight excluding hydrogens is 372 g/mol. The molecule has 0 N–H and O–H groups in total. The fourth-order valence-corrected chi connectivity index (χ4v) is 3.15. The van der Waals surface area contributed by atoms with Gasteiger partial charge < -0.3 is 23.6 Å². The molecule has 7 heteroatoms. The molecule has 0 aliphatic carbocycles. The number of nitrogens with zero attached hydrogens (tertiary/aromatic N) is 2. The first-order chi connectivity index (χ1) is 14.0. The second kappa shape index (κ2) is 8.68. The number of rotatable bonds is 7. The van der Waals surface area contributed by atoms with Crippen molar-refractivity contribution < 1.29 is 23.5 Å². The Balaban J connectivity index is 2.00. The fourth-order valence-electron chi connectivity index (χ4n) is 3.15. The highest BCUT2D eigenvalue weighted by Gasteiger charge is 2.26. The Bertz CT molecular complexity index is 973. The summed E-state index contributed by atoms with van der Waals surface area (Å²) in [7, 11) is 6.35. The summed E-state index contributed by atoms with van der Waals surface area (Å²) in [5.41, 5.74) is 2.56. The van der Waals surface area contributed by atoms with Gasteiger partial charge in [0.1, 0.15) is 5.56 Å². The van der Waals surface area contributed by atoms with Gasteiger partial charge in [-0.1, -0.05) is 35.5 Å². The number of hydrogen-bond acceptors (Lipinski definition) is 6. The Hall–Kier alpha value is -3.48. The summed E-state index contributed by atoms with van der Waals surface area (Å²) in [6, 6.07) is 13.2. The van der Waals surface area contributed by atoms with Crippen molar-refractivity contribution in [1.82, 2.24) is 10.1 Å². The average Bonchev–Trinajstić information content (AvgIpc) is 3.13. The summed E-state index contributed by atoms with van der Waals surface area (Å²) in [5.74, 6) is 1.56. The van der Waals surface area contributed by atoms with Crippen LogP contribution < -0.4 is 14.2 Å². The minimum atomic E-state index is -0.184. The maximum absolute atomic E-state index is 13.2. The normalized spacial score (nSPS) is 10.5. The highest BCUT2D eigenvalue weighted by Crippen LogP contribution is 2.42. The van der Waals surface area contributed by atoms with Gasteiger partial charge in [-0.3, -0.25) is 4.79 Å². The lowest BCUT2D eigenvalue weighted by Crippen LogP contribution is -2.26. The highest BCUT2D eigenvalue weighted by atomic mass is 16.5. The monoisotopic (exact) mass is 396 g/mol. The van der Waals surface area contributed by atoms with Crippen molar-refractivity contribution in [2.24, 2.45) is 0 Å². The number of benzene rings is 2. The Morgan fingerprint density at radius 3 is 2.21 bits per heavy atom. The van der Waals surface area contributed by atoms with Crippen LogP contribution in [0.4, 0.5) is 0 Å². The van der Waals surface area contributed by atoms with Crippen molar-refractivity contribution in [3.8, 4) is 28.6 Å². The molecule has 3 aromatic rings. The number of methoxy groups -OCH3 is 3. The van der Waals surface area contributed by atoms with Gasteiger partial charge in [-0.25, -0.2) is 0 Å². The van der Waals surface area contributed by atoms with Crippen LogP contribution in [0.5, 0.6) is 17.2 Å². The van der Waals surface area contributed by atoms with Crippen molar-refractivity contribution in [3.63, 3.8) is 0 Å². The maximum Gasteiger partial charge on any atom is 0.259 e. The van der Waals surface area contributed by atoms with E-state index < -0.39 is 0 Å². The van der Waals surface area contributed by atoms with Gasteiger partial charge in [0, 0.05) is 19.2 Å². The molecule has 1 amide bonds. The lowest BCUT2D eigenvalue weighted by atomic mass is 10.0. The highest BCUT2D eigenvalue weighted by molar-refractivity contribution is 6.00. The average molecular weight is 396 g/mol. The van der Waals surface area contributed by atoms with E-state index in [1.54, 1.807) is 31.0 Å². The van der Waals surface area contributed by atoms with Crippen molar-refractivity contribution in [1.29, 1.82) is 0 Å². The largest absolute Gasteiger partial charge is 0.493 e. The number of amides is 1. The van der Waals surface area contributed by atoms with Crippen LogP contribution in [0.3, 0.4) is 0 Å². The fraction of sp³-hybridized carbons (Fsp3) is 0.273. The van der Waals surface area contributed by atoms with E-state index >= 15 is 0 Å². The zero-order valence-electron chi connectivity index (χ0n) is 17.2. The Morgan fingerprint density at radius 1 is 1.03 bits per heavy atom. The van der Waals surface area contributed by atoms with Crippen LogP contribution >= 0.6 is 0 Å². The first kappa shape index (κ1) is 20.3. The number of carbonyl (C=O) groups is 1. The SMILES string of the molecule is COc1cc(-c2onc(C)c2C(=O)N(C)Cc2ccccc2)cc(OC)c1OC. The molecule has 0 radical (unpaired) electrons. The van der Waals surface area contributed by atoms with E-state index in [9.17, 15) is 4.79 Å². The van der Waals surface area contributed by atoms with Gasteiger partial charge in [0.25, 0.3) is 5.91 Å². The van der Waals surface area contributed by atoms with E-state index in [0.717, 1.165) is 5.56 Å². The van der Waals surface area contributed by atoms with Gasteiger partial charge in [0.2, 0.25) is 5.75 Å². The molecule has 152 valence electrons. The molecule has 29 heavy (non-hydrogen) atoms. The molecule has 0 saturated carbocycles. The molecule has 0 aliphatic rings. The first-order valence-corrected chi connectivity index (χ1v) is 9.06. The van der Waals surface area contributed by atoms with E-state index in [0.29, 0.717) is 46.4 Å². The Morgan fingerprint density at radius 2 is 1.66 bits per heavy atom. The molecule has 0 fully saturated rings. The third-order valence-electron chi connectivity index (χ3n) is 4.61. The zero-order chi connectivity index (χ0) is 21.0. The number of carbonyl (C=O) groups excluding carboxylic acids is 1. The summed E-state index contributed by atoms with van der Waals surface area (Å²) in [5, 5.41) is 4.02. The Kier molecular flexibility index (Phi) is 6.07. The van der Waals surface area contributed by atoms with Crippen LogP contribution in [0.2, 0.25) is 0 Å². The van der Waals surface area contributed by atoms with Crippen molar-refractivity contribution in [3.05, 3.63) is 59.3 Å². The maximum atomic E-state index is 13.2. The molecule has 1 heterocycles. The Labute approximate surface area is 169 Å². The van der Waals surface area contributed by atoms with Crippen LogP contribution in [-0.2, 0) is 6.54 Å². The molecule has 0 atom stereocenters. The minimum Gasteiger partial charge on any atom is -0.493 e. The van der Waals surface area contributed by atoms with Crippen LogP contribution in [0.15, 0.2) is 47.0 Å². The summed E-state index contributed by atoms with van der Waals surface area (Å²) in [6.07, 6.45) is 0. The van der Waals surface area contributed by atoms with Gasteiger partial charge in [0.15, 0.2) is 17.3 Å². The third kappa shape index (κ3) is 4.03. The van der Waals surface area contributed by atoms with Gasteiger partial charge in [-0.15, -0.1) is 0 Å². The second-order valence-electron chi connectivity index (χ2n) is 6.53. The van der Waals surface area contributed by atoms with Gasteiger partial charge >= 0.3 is 0 Å². The van der Waals surface area contributed by atoms with Crippen molar-refractivity contribution in [2.45, 2.75) is 13.5 Å². The lowest BCUT2D eigenvalue weighted by molar-refractivity contribution is 0.0784. The number of hydrogen-bond donors (Lipinski definition) is 0. The smallest absolute Gasteiger partial charge is 0.259 e. The molecule has 3 rings (SSSR count). The van der Waals surface area contributed by atoms with E-state index in [1.165, 1.54) is 21.3 Å². The molecule has 0 saturated heterocycles. The quantitative estimate of drug-likeness (QED) is 0.602. The molecule has 1 aromatic heterocycles. The second-order valence-corrected chi connectivity index (χ2v) is 6.53. The van der Waals surface area contributed by atoms with Gasteiger partial charge in [-0.05, 0) is 24.6 Å². The topological polar surface area (TPSA) is 74.0 Å². The summed E-state index contributed by atoms with van der Waals surface area (Å²) in [4.78, 5) is 14.8. The number of aromatic nitrogens is 1. The predicted octanol–water partition coefficient (Wildman–Crippen LogP) is 3.95. The summed E-state index contributed by atoms with van der Waals surface area (Å²) in [6.45, 7) is 2.22. The number of ether oxygens (including phenoxy) is 3. The molecule has 0 unspecified atom stereocenters. The molecule has 0 spiro atoms. The molecule has 2 aromatic carbocycles. The van der Waals surface area contributed by atoms with Gasteiger partial charge in [-0.2, -0.15) is 0 Å². The van der Waals surface area contributed by atoms with Crippen LogP contribution in [0.25, 0.3) is 11.3 Å². The molecular formula is C22H24N2O5. The predicted molar refractivity (Wildman–Crippen MR) is 109 cm³/mol. The van der Waals surface area contributed by atoms with E-state index in [4.69, 9.17) is 18.7 Å². The molecule has 0 aliphatic heterocycles. The van der Waals surface area contributed by atoms with Gasteiger partial charge in [0.05, 0.1) is 27.0 Å². The standard InChI is InChI=1S/C22H24N2O5/c1-14-19(22(25)24(2)13-15-9-7-6-8-10-15)20(29-23-14)16-11-17(26-3)21(28-5)18(12-16)27-4/h6-12H,13H2,1-5H3.